The Hall–Kier alpha value is -2.66. The molecule has 5 heteroatoms. The van der Waals surface area contributed by atoms with E-state index in [-0.39, 0.29) is 18.9 Å². The molecule has 1 unspecified atom stereocenters. The first-order chi connectivity index (χ1) is 11.1. The quantitative estimate of drug-likeness (QED) is 0.878. The molecule has 2 aromatic carbocycles. The summed E-state index contributed by atoms with van der Waals surface area (Å²) in [4.78, 5) is 25.8. The molecule has 1 amide bonds. The third-order valence-corrected chi connectivity index (χ3v) is 4.08. The number of benzene rings is 2. The van der Waals surface area contributed by atoms with Crippen LogP contribution in [0.15, 0.2) is 54.6 Å². The Labute approximate surface area is 134 Å². The fraction of sp³-hybridized carbons (Fsp3) is 0.222. The number of ether oxygens (including phenoxy) is 1. The molecule has 0 fully saturated rings. The van der Waals surface area contributed by atoms with Crippen LogP contribution in [0.3, 0.4) is 0 Å². The molecule has 1 atom stereocenters. The fourth-order valence-corrected chi connectivity index (χ4v) is 2.91. The average molecular weight is 311 g/mol. The van der Waals surface area contributed by atoms with Gasteiger partial charge in [-0.1, -0.05) is 48.5 Å². The summed E-state index contributed by atoms with van der Waals surface area (Å²) >= 11 is 0. The van der Waals surface area contributed by atoms with Crippen molar-refractivity contribution in [2.24, 2.45) is 0 Å². The molecule has 0 aliphatic carbocycles. The van der Waals surface area contributed by atoms with Gasteiger partial charge in [-0.25, -0.2) is 0 Å². The smallest absolute Gasteiger partial charge is 0.310 e. The summed E-state index contributed by atoms with van der Waals surface area (Å²) in [5, 5.41) is 11.1. The van der Waals surface area contributed by atoms with Crippen molar-refractivity contribution in [2.75, 3.05) is 7.11 Å². The fourth-order valence-electron chi connectivity index (χ4n) is 2.91. The van der Waals surface area contributed by atoms with Gasteiger partial charge >= 0.3 is 5.97 Å². The van der Waals surface area contributed by atoms with Crippen LogP contribution < -0.4 is 0 Å². The molecule has 5 nitrogen and oxygen atoms in total. The van der Waals surface area contributed by atoms with E-state index < -0.39 is 11.7 Å². The van der Waals surface area contributed by atoms with Crippen LogP contribution in [-0.2, 0) is 21.8 Å². The van der Waals surface area contributed by atoms with Crippen molar-refractivity contribution in [3.63, 3.8) is 0 Å². The number of esters is 1. The lowest BCUT2D eigenvalue weighted by Crippen LogP contribution is -2.45. The lowest BCUT2D eigenvalue weighted by Gasteiger charge is -2.33. The van der Waals surface area contributed by atoms with Gasteiger partial charge in [-0.3, -0.25) is 9.59 Å². The lowest BCUT2D eigenvalue weighted by molar-refractivity contribution is -0.156. The zero-order valence-electron chi connectivity index (χ0n) is 12.7. The Balaban J connectivity index is 2.03. The molecule has 1 aliphatic heterocycles. The Morgan fingerprint density at radius 1 is 1.13 bits per heavy atom. The molecule has 1 N–H and O–H groups in total. The number of hydrogen-bond acceptors (Lipinski definition) is 4. The molecule has 2 aromatic rings. The summed E-state index contributed by atoms with van der Waals surface area (Å²) in [6.07, 6.45) is -0.306. The molecule has 0 aromatic heterocycles. The Morgan fingerprint density at radius 2 is 1.78 bits per heavy atom. The first-order valence-corrected chi connectivity index (χ1v) is 7.31. The van der Waals surface area contributed by atoms with E-state index in [2.05, 4.69) is 4.74 Å². The van der Waals surface area contributed by atoms with E-state index in [1.165, 1.54) is 12.0 Å². The van der Waals surface area contributed by atoms with Gasteiger partial charge in [-0.2, -0.15) is 0 Å². The van der Waals surface area contributed by atoms with Gasteiger partial charge < -0.3 is 14.7 Å². The first kappa shape index (κ1) is 15.2. The number of amides is 1. The number of hydrogen-bond donors (Lipinski definition) is 1. The van der Waals surface area contributed by atoms with Crippen LogP contribution >= 0.6 is 0 Å². The molecular weight excluding hydrogens is 294 g/mol. The minimum atomic E-state index is -1.70. The van der Waals surface area contributed by atoms with E-state index in [0.717, 1.165) is 5.56 Å². The molecule has 0 saturated carbocycles. The maximum atomic E-state index is 12.7. The van der Waals surface area contributed by atoms with E-state index >= 15 is 0 Å². The van der Waals surface area contributed by atoms with Gasteiger partial charge in [0.05, 0.1) is 13.5 Å². The third kappa shape index (κ3) is 2.59. The number of carbonyl (C=O) groups excluding carboxylic acids is 2. The molecule has 1 aliphatic rings. The molecular formula is C18H17NO4. The van der Waals surface area contributed by atoms with Crippen LogP contribution in [0.1, 0.15) is 27.9 Å². The van der Waals surface area contributed by atoms with E-state index in [0.29, 0.717) is 11.1 Å². The molecule has 3 rings (SSSR count). The number of aliphatic hydroxyl groups is 1. The second-order valence-electron chi connectivity index (χ2n) is 5.49. The highest BCUT2D eigenvalue weighted by Gasteiger charge is 2.49. The number of nitrogens with zero attached hydrogens (tertiary/aromatic N) is 1. The van der Waals surface area contributed by atoms with Crippen LogP contribution in [0.4, 0.5) is 0 Å². The van der Waals surface area contributed by atoms with Crippen LogP contribution in [0.5, 0.6) is 0 Å². The van der Waals surface area contributed by atoms with E-state index in [1.54, 1.807) is 24.3 Å². The monoisotopic (exact) mass is 311 g/mol. The van der Waals surface area contributed by atoms with Crippen LogP contribution in [0, 0.1) is 0 Å². The summed E-state index contributed by atoms with van der Waals surface area (Å²) in [5.41, 5.74) is 0.0227. The number of fused-ring (bicyclic) bond motifs is 1. The van der Waals surface area contributed by atoms with Gasteiger partial charge in [0.15, 0.2) is 5.72 Å². The van der Waals surface area contributed by atoms with Crippen molar-refractivity contribution in [2.45, 2.75) is 18.7 Å². The molecule has 0 saturated heterocycles. The van der Waals surface area contributed by atoms with Crippen molar-refractivity contribution in [1.29, 1.82) is 0 Å². The summed E-state index contributed by atoms with van der Waals surface area (Å²) in [6, 6.07) is 16.1. The second kappa shape index (κ2) is 5.85. The minimum Gasteiger partial charge on any atom is -0.469 e. The van der Waals surface area contributed by atoms with Crippen molar-refractivity contribution < 1.29 is 19.4 Å². The average Bonchev–Trinajstić information content (AvgIpc) is 2.78. The standard InChI is InChI=1S/C18H17NO4/c1-23-16(20)11-18(22)15-10-6-5-9-14(15)17(21)19(18)12-13-7-3-2-4-8-13/h2-10,22H,11-12H2,1H3. The maximum Gasteiger partial charge on any atom is 0.310 e. The van der Waals surface area contributed by atoms with Crippen LogP contribution in [-0.4, -0.2) is 29.0 Å². The molecule has 0 spiro atoms. The molecule has 23 heavy (non-hydrogen) atoms. The summed E-state index contributed by atoms with van der Waals surface area (Å²) < 4.78 is 4.69. The largest absolute Gasteiger partial charge is 0.469 e. The Kier molecular flexibility index (Phi) is 3.88. The van der Waals surface area contributed by atoms with Crippen molar-refractivity contribution in [1.82, 2.24) is 4.90 Å². The minimum absolute atomic E-state index is 0.210. The molecule has 1 heterocycles. The van der Waals surface area contributed by atoms with Gasteiger partial charge in [0.2, 0.25) is 0 Å². The van der Waals surface area contributed by atoms with Gasteiger partial charge in [-0.05, 0) is 11.6 Å². The zero-order valence-corrected chi connectivity index (χ0v) is 12.7. The summed E-state index contributed by atoms with van der Waals surface area (Å²) in [5.74, 6) is -0.870. The normalized spacial score (nSPS) is 19.6. The molecule has 0 bridgehead atoms. The maximum absolute atomic E-state index is 12.7. The van der Waals surface area contributed by atoms with E-state index in [9.17, 15) is 14.7 Å². The SMILES string of the molecule is COC(=O)CC1(O)c2ccccc2C(=O)N1Cc1ccccc1. The predicted octanol–water partition coefficient (Wildman–Crippen LogP) is 2.05. The highest BCUT2D eigenvalue weighted by Crippen LogP contribution is 2.40. The summed E-state index contributed by atoms with van der Waals surface area (Å²) in [7, 11) is 1.26. The van der Waals surface area contributed by atoms with Crippen molar-refractivity contribution >= 4 is 11.9 Å². The van der Waals surface area contributed by atoms with E-state index in [4.69, 9.17) is 0 Å². The zero-order chi connectivity index (χ0) is 16.4. The van der Waals surface area contributed by atoms with Gasteiger partial charge in [-0.15, -0.1) is 0 Å². The predicted molar refractivity (Wildman–Crippen MR) is 83.3 cm³/mol. The summed E-state index contributed by atoms with van der Waals surface area (Å²) in [6.45, 7) is 0.210. The first-order valence-electron chi connectivity index (χ1n) is 7.31. The Morgan fingerprint density at radius 3 is 2.48 bits per heavy atom. The second-order valence-corrected chi connectivity index (χ2v) is 5.49. The molecule has 118 valence electrons. The number of carbonyl (C=O) groups is 2. The lowest BCUT2D eigenvalue weighted by atomic mass is 9.98. The number of rotatable bonds is 4. The van der Waals surface area contributed by atoms with Gasteiger partial charge in [0, 0.05) is 17.7 Å². The van der Waals surface area contributed by atoms with Gasteiger partial charge in [0.25, 0.3) is 5.91 Å². The van der Waals surface area contributed by atoms with Crippen LogP contribution in [0.2, 0.25) is 0 Å². The highest BCUT2D eigenvalue weighted by atomic mass is 16.5. The topological polar surface area (TPSA) is 66.8 Å². The molecule has 0 radical (unpaired) electrons. The third-order valence-electron chi connectivity index (χ3n) is 4.08. The van der Waals surface area contributed by atoms with Crippen molar-refractivity contribution in [3.05, 3.63) is 71.3 Å². The van der Waals surface area contributed by atoms with Crippen molar-refractivity contribution in [3.8, 4) is 0 Å². The Bertz CT molecular complexity index is 744. The highest BCUT2D eigenvalue weighted by molar-refractivity contribution is 6.00. The van der Waals surface area contributed by atoms with Crippen LogP contribution in [0.25, 0.3) is 0 Å². The number of methoxy groups -OCH3 is 1. The van der Waals surface area contributed by atoms with E-state index in [1.807, 2.05) is 30.3 Å². The van der Waals surface area contributed by atoms with Gasteiger partial charge in [0.1, 0.15) is 0 Å².